The summed E-state index contributed by atoms with van der Waals surface area (Å²) in [5.41, 5.74) is -1.74. The van der Waals surface area contributed by atoms with Crippen molar-refractivity contribution in [3.63, 3.8) is 0 Å². The standard InChI is InChI=1S/C14H7F6NO/c15-10-6-5-9(11(16)12(10)17)13(22)21-8-3-1-7(2-4-8)14(18,19)20/h1-6H,(H,21,22). The van der Waals surface area contributed by atoms with Crippen molar-refractivity contribution in [2.45, 2.75) is 6.18 Å². The maximum Gasteiger partial charge on any atom is 0.416 e. The molecule has 2 nitrogen and oxygen atoms in total. The Labute approximate surface area is 120 Å². The molecule has 2 aromatic rings. The molecular weight excluding hydrogens is 312 g/mol. The van der Waals surface area contributed by atoms with E-state index in [9.17, 15) is 31.1 Å². The van der Waals surface area contributed by atoms with Gasteiger partial charge in [-0.25, -0.2) is 13.2 Å². The smallest absolute Gasteiger partial charge is 0.322 e. The van der Waals surface area contributed by atoms with E-state index in [0.29, 0.717) is 6.07 Å². The number of benzene rings is 2. The van der Waals surface area contributed by atoms with Crippen LogP contribution in [0, 0.1) is 17.5 Å². The van der Waals surface area contributed by atoms with E-state index in [1.807, 2.05) is 0 Å². The van der Waals surface area contributed by atoms with Crippen LogP contribution in [-0.4, -0.2) is 5.91 Å². The third-order valence-corrected chi connectivity index (χ3v) is 2.75. The van der Waals surface area contributed by atoms with E-state index < -0.39 is 40.7 Å². The lowest BCUT2D eigenvalue weighted by Crippen LogP contribution is -2.15. The van der Waals surface area contributed by atoms with Crippen LogP contribution in [0.5, 0.6) is 0 Å². The largest absolute Gasteiger partial charge is 0.416 e. The fourth-order valence-corrected chi connectivity index (χ4v) is 1.64. The molecule has 2 rings (SSSR count). The molecule has 0 aliphatic rings. The zero-order chi connectivity index (χ0) is 16.5. The first-order valence-electron chi connectivity index (χ1n) is 5.82. The summed E-state index contributed by atoms with van der Waals surface area (Å²) < 4.78 is 76.3. The van der Waals surface area contributed by atoms with E-state index in [1.54, 1.807) is 0 Å². The van der Waals surface area contributed by atoms with Crippen molar-refractivity contribution in [2.75, 3.05) is 5.32 Å². The Balaban J connectivity index is 2.21. The van der Waals surface area contributed by atoms with Crippen molar-refractivity contribution in [3.05, 3.63) is 65.0 Å². The minimum absolute atomic E-state index is 0.0536. The summed E-state index contributed by atoms with van der Waals surface area (Å²) in [4.78, 5) is 11.7. The van der Waals surface area contributed by atoms with Crippen molar-refractivity contribution < 1.29 is 31.1 Å². The molecule has 0 saturated heterocycles. The van der Waals surface area contributed by atoms with Gasteiger partial charge in [0.05, 0.1) is 11.1 Å². The molecule has 0 spiro atoms. The van der Waals surface area contributed by atoms with Gasteiger partial charge in [0, 0.05) is 5.69 Å². The molecule has 0 aliphatic carbocycles. The second kappa shape index (κ2) is 5.70. The number of hydrogen-bond acceptors (Lipinski definition) is 1. The first kappa shape index (κ1) is 15.9. The molecular formula is C14H7F6NO. The van der Waals surface area contributed by atoms with Gasteiger partial charge in [0.1, 0.15) is 0 Å². The van der Waals surface area contributed by atoms with E-state index >= 15 is 0 Å². The van der Waals surface area contributed by atoms with Crippen molar-refractivity contribution in [1.82, 2.24) is 0 Å². The van der Waals surface area contributed by atoms with Crippen molar-refractivity contribution in [2.24, 2.45) is 0 Å². The van der Waals surface area contributed by atoms with Gasteiger partial charge in [0.2, 0.25) is 0 Å². The maximum atomic E-state index is 13.4. The molecule has 0 fully saturated rings. The molecule has 0 saturated carbocycles. The molecule has 8 heteroatoms. The van der Waals surface area contributed by atoms with Crippen LogP contribution in [0.25, 0.3) is 0 Å². The molecule has 0 aliphatic heterocycles. The molecule has 0 radical (unpaired) electrons. The van der Waals surface area contributed by atoms with E-state index in [2.05, 4.69) is 5.32 Å². The lowest BCUT2D eigenvalue weighted by atomic mass is 10.1. The fraction of sp³-hybridized carbons (Fsp3) is 0.0714. The van der Waals surface area contributed by atoms with E-state index in [-0.39, 0.29) is 5.69 Å². The number of hydrogen-bond donors (Lipinski definition) is 1. The third-order valence-electron chi connectivity index (χ3n) is 2.75. The SMILES string of the molecule is O=C(Nc1ccc(C(F)(F)F)cc1)c1ccc(F)c(F)c1F. The molecule has 1 N–H and O–H groups in total. The lowest BCUT2D eigenvalue weighted by molar-refractivity contribution is -0.137. The van der Waals surface area contributed by atoms with Gasteiger partial charge in [0.15, 0.2) is 17.5 Å². The fourth-order valence-electron chi connectivity index (χ4n) is 1.64. The summed E-state index contributed by atoms with van der Waals surface area (Å²) in [5.74, 6) is -6.05. The van der Waals surface area contributed by atoms with Gasteiger partial charge < -0.3 is 5.32 Å². The van der Waals surface area contributed by atoms with Gasteiger partial charge in [-0.2, -0.15) is 13.2 Å². The molecule has 0 atom stereocenters. The third kappa shape index (κ3) is 3.21. The molecule has 2 aromatic carbocycles. The Kier molecular flexibility index (Phi) is 4.11. The van der Waals surface area contributed by atoms with Crippen LogP contribution in [0.15, 0.2) is 36.4 Å². The quantitative estimate of drug-likeness (QED) is 0.646. The van der Waals surface area contributed by atoms with Crippen molar-refractivity contribution in [3.8, 4) is 0 Å². The highest BCUT2D eigenvalue weighted by Gasteiger charge is 2.30. The summed E-state index contributed by atoms with van der Waals surface area (Å²) >= 11 is 0. The average molecular weight is 319 g/mol. The van der Waals surface area contributed by atoms with Gasteiger partial charge in [-0.3, -0.25) is 4.79 Å². The molecule has 116 valence electrons. The van der Waals surface area contributed by atoms with Crippen molar-refractivity contribution in [1.29, 1.82) is 0 Å². The Bertz CT molecular complexity index is 709. The minimum atomic E-state index is -4.53. The van der Waals surface area contributed by atoms with E-state index in [0.717, 1.165) is 30.3 Å². The number of anilines is 1. The molecule has 0 unspecified atom stereocenters. The molecule has 22 heavy (non-hydrogen) atoms. The maximum absolute atomic E-state index is 13.4. The van der Waals surface area contributed by atoms with Crippen molar-refractivity contribution >= 4 is 11.6 Å². The predicted octanol–water partition coefficient (Wildman–Crippen LogP) is 4.38. The molecule has 0 bridgehead atoms. The predicted molar refractivity (Wildman–Crippen MR) is 65.7 cm³/mol. The van der Waals surface area contributed by atoms with Crippen LogP contribution in [0.2, 0.25) is 0 Å². The van der Waals surface area contributed by atoms with Crippen LogP contribution in [0.4, 0.5) is 32.0 Å². The zero-order valence-corrected chi connectivity index (χ0v) is 10.6. The van der Waals surface area contributed by atoms with Crippen LogP contribution < -0.4 is 5.32 Å². The molecule has 0 aromatic heterocycles. The summed E-state index contributed by atoms with van der Waals surface area (Å²) in [7, 11) is 0. The topological polar surface area (TPSA) is 29.1 Å². The molecule has 0 heterocycles. The second-order valence-corrected chi connectivity index (χ2v) is 4.25. The van der Waals surface area contributed by atoms with Gasteiger partial charge in [-0.15, -0.1) is 0 Å². The second-order valence-electron chi connectivity index (χ2n) is 4.25. The van der Waals surface area contributed by atoms with Gasteiger partial charge >= 0.3 is 6.18 Å². The van der Waals surface area contributed by atoms with Crippen LogP contribution in [0.3, 0.4) is 0 Å². The first-order valence-corrected chi connectivity index (χ1v) is 5.82. The number of nitrogens with one attached hydrogen (secondary N) is 1. The number of rotatable bonds is 2. The number of halogens is 6. The van der Waals surface area contributed by atoms with Crippen LogP contribution in [0.1, 0.15) is 15.9 Å². The van der Waals surface area contributed by atoms with Crippen LogP contribution in [-0.2, 0) is 6.18 Å². The minimum Gasteiger partial charge on any atom is -0.322 e. The van der Waals surface area contributed by atoms with E-state index in [4.69, 9.17) is 0 Å². The number of carbonyl (C=O) groups excluding carboxylic acids is 1. The number of alkyl halides is 3. The zero-order valence-electron chi connectivity index (χ0n) is 10.6. The Morgan fingerprint density at radius 1 is 0.864 bits per heavy atom. The molecule has 1 amide bonds. The van der Waals surface area contributed by atoms with E-state index in [1.165, 1.54) is 0 Å². The highest BCUT2D eigenvalue weighted by molar-refractivity contribution is 6.04. The Morgan fingerprint density at radius 3 is 2.00 bits per heavy atom. The van der Waals surface area contributed by atoms with Gasteiger partial charge in [0.25, 0.3) is 5.91 Å². The number of carbonyl (C=O) groups is 1. The number of amides is 1. The van der Waals surface area contributed by atoms with Gasteiger partial charge in [-0.05, 0) is 36.4 Å². The Morgan fingerprint density at radius 2 is 1.45 bits per heavy atom. The summed E-state index contributed by atoms with van der Waals surface area (Å²) in [5, 5.41) is 2.09. The summed E-state index contributed by atoms with van der Waals surface area (Å²) in [6.45, 7) is 0. The summed E-state index contributed by atoms with van der Waals surface area (Å²) in [6, 6.07) is 4.65. The van der Waals surface area contributed by atoms with Crippen LogP contribution >= 0.6 is 0 Å². The van der Waals surface area contributed by atoms with Gasteiger partial charge in [-0.1, -0.05) is 0 Å². The summed E-state index contributed by atoms with van der Waals surface area (Å²) in [6.07, 6.45) is -4.53. The highest BCUT2D eigenvalue weighted by atomic mass is 19.4. The highest BCUT2D eigenvalue weighted by Crippen LogP contribution is 2.30. The average Bonchev–Trinajstić information content (AvgIpc) is 2.44. The monoisotopic (exact) mass is 319 g/mol. The normalized spacial score (nSPS) is 11.4. The lowest BCUT2D eigenvalue weighted by Gasteiger charge is -2.09. The Hall–Kier alpha value is -2.51. The first-order chi connectivity index (χ1) is 10.2.